The summed E-state index contributed by atoms with van der Waals surface area (Å²) in [5.74, 6) is -1.40. The van der Waals surface area contributed by atoms with Crippen molar-refractivity contribution >= 4 is 29.0 Å². The van der Waals surface area contributed by atoms with E-state index in [4.69, 9.17) is 23.2 Å². The van der Waals surface area contributed by atoms with Gasteiger partial charge in [0.05, 0.1) is 21.8 Å². The van der Waals surface area contributed by atoms with E-state index in [-0.39, 0.29) is 15.6 Å². The molecule has 0 unspecified atom stereocenters. The minimum Gasteiger partial charge on any atom is -0.292 e. The van der Waals surface area contributed by atoms with Crippen molar-refractivity contribution in [3.05, 3.63) is 63.9 Å². The van der Waals surface area contributed by atoms with Crippen LogP contribution in [-0.2, 0) is 0 Å². The monoisotopic (exact) mass is 290 g/mol. The van der Waals surface area contributed by atoms with Gasteiger partial charge in [0.15, 0.2) is 11.7 Å². The maximum Gasteiger partial charge on any atom is 0.187 e. The first kappa shape index (κ1) is 13.5. The normalized spacial score (nSPS) is 11.6. The van der Waals surface area contributed by atoms with Gasteiger partial charge in [-0.1, -0.05) is 35.3 Å². The molecule has 0 saturated heterocycles. The molecular formula is C14H8Cl2N2O. The highest BCUT2D eigenvalue weighted by atomic mass is 35.5. The van der Waals surface area contributed by atoms with Crippen molar-refractivity contribution < 1.29 is 4.79 Å². The van der Waals surface area contributed by atoms with Gasteiger partial charge in [-0.3, -0.25) is 9.78 Å². The summed E-state index contributed by atoms with van der Waals surface area (Å²) in [7, 11) is 0. The predicted molar refractivity (Wildman–Crippen MR) is 73.4 cm³/mol. The Hall–Kier alpha value is -1.89. The second kappa shape index (κ2) is 5.83. The van der Waals surface area contributed by atoms with Crippen LogP contribution in [0, 0.1) is 11.3 Å². The average Bonchev–Trinajstić information content (AvgIpc) is 2.44. The minimum atomic E-state index is -0.989. The summed E-state index contributed by atoms with van der Waals surface area (Å²) in [5, 5.41) is 9.62. The molecule has 1 aromatic carbocycles. The maximum absolute atomic E-state index is 12.3. The summed E-state index contributed by atoms with van der Waals surface area (Å²) in [5.41, 5.74) is 0.623. The summed E-state index contributed by atoms with van der Waals surface area (Å²) in [4.78, 5) is 16.4. The fourth-order valence-corrected chi connectivity index (χ4v) is 2.05. The summed E-state index contributed by atoms with van der Waals surface area (Å²) in [6, 6.07) is 11.8. The number of halogens is 2. The molecule has 0 radical (unpaired) electrons. The lowest BCUT2D eigenvalue weighted by molar-refractivity contribution is 0.0977. The number of Topliss-reactive ketones (excluding diaryl/α,β-unsaturated/α-hetero) is 1. The van der Waals surface area contributed by atoms with Gasteiger partial charge in [0.25, 0.3) is 0 Å². The number of carbonyl (C=O) groups is 1. The Bertz CT molecular complexity index is 650. The summed E-state index contributed by atoms with van der Waals surface area (Å²) < 4.78 is 0. The fourth-order valence-electron chi connectivity index (χ4n) is 1.66. The van der Waals surface area contributed by atoms with Crippen LogP contribution in [0.2, 0.25) is 10.0 Å². The first-order valence-corrected chi connectivity index (χ1v) is 6.19. The number of benzene rings is 1. The SMILES string of the molecule is N#C[C@@H](C(=O)c1cccc(Cl)c1Cl)c1ccccn1. The number of nitriles is 1. The molecule has 2 rings (SSSR count). The van der Waals surface area contributed by atoms with Crippen LogP contribution in [-0.4, -0.2) is 10.8 Å². The largest absolute Gasteiger partial charge is 0.292 e. The van der Waals surface area contributed by atoms with E-state index in [0.29, 0.717) is 5.69 Å². The van der Waals surface area contributed by atoms with Crippen LogP contribution < -0.4 is 0 Å². The van der Waals surface area contributed by atoms with Crippen LogP contribution in [0.1, 0.15) is 22.0 Å². The molecule has 0 amide bonds. The van der Waals surface area contributed by atoms with Crippen molar-refractivity contribution in [1.82, 2.24) is 4.98 Å². The van der Waals surface area contributed by atoms with Gasteiger partial charge in [-0.15, -0.1) is 0 Å². The molecule has 0 aliphatic carbocycles. The number of rotatable bonds is 3. The van der Waals surface area contributed by atoms with Crippen molar-refractivity contribution in [2.75, 3.05) is 0 Å². The first-order chi connectivity index (χ1) is 9.15. The Kier molecular flexibility index (Phi) is 4.16. The van der Waals surface area contributed by atoms with Crippen LogP contribution in [0.25, 0.3) is 0 Å². The Morgan fingerprint density at radius 1 is 1.21 bits per heavy atom. The number of nitrogens with zero attached hydrogens (tertiary/aromatic N) is 2. The van der Waals surface area contributed by atoms with E-state index < -0.39 is 11.7 Å². The zero-order chi connectivity index (χ0) is 13.8. The molecule has 2 aromatic rings. The molecule has 5 heteroatoms. The molecule has 0 aliphatic heterocycles. The smallest absolute Gasteiger partial charge is 0.187 e. The zero-order valence-corrected chi connectivity index (χ0v) is 11.2. The third-order valence-corrected chi connectivity index (χ3v) is 3.41. The molecule has 1 aromatic heterocycles. The summed E-state index contributed by atoms with van der Waals surface area (Å²) >= 11 is 11.9. The van der Waals surface area contributed by atoms with E-state index in [0.717, 1.165) is 0 Å². The predicted octanol–water partition coefficient (Wildman–Crippen LogP) is 3.88. The molecule has 0 spiro atoms. The highest BCUT2D eigenvalue weighted by molar-refractivity contribution is 6.44. The Morgan fingerprint density at radius 3 is 2.63 bits per heavy atom. The van der Waals surface area contributed by atoms with Gasteiger partial charge in [0, 0.05) is 11.8 Å². The molecular weight excluding hydrogens is 283 g/mol. The molecule has 94 valence electrons. The first-order valence-electron chi connectivity index (χ1n) is 5.44. The molecule has 19 heavy (non-hydrogen) atoms. The number of pyridine rings is 1. The van der Waals surface area contributed by atoms with Gasteiger partial charge < -0.3 is 0 Å². The maximum atomic E-state index is 12.3. The van der Waals surface area contributed by atoms with Crippen LogP contribution in [0.15, 0.2) is 42.6 Å². The molecule has 1 atom stereocenters. The highest BCUT2D eigenvalue weighted by Gasteiger charge is 2.25. The minimum absolute atomic E-state index is 0.158. The van der Waals surface area contributed by atoms with Gasteiger partial charge in [-0.25, -0.2) is 0 Å². The second-order valence-electron chi connectivity index (χ2n) is 3.78. The molecule has 0 N–H and O–H groups in total. The summed E-state index contributed by atoms with van der Waals surface area (Å²) in [6.07, 6.45) is 1.53. The molecule has 0 fully saturated rings. The van der Waals surface area contributed by atoms with Gasteiger partial charge in [-0.05, 0) is 24.3 Å². The van der Waals surface area contributed by atoms with Crippen LogP contribution in [0.4, 0.5) is 0 Å². The number of ketones is 1. The second-order valence-corrected chi connectivity index (χ2v) is 4.57. The van der Waals surface area contributed by atoms with Crippen LogP contribution in [0.5, 0.6) is 0 Å². The topological polar surface area (TPSA) is 53.8 Å². The van der Waals surface area contributed by atoms with Crippen molar-refractivity contribution in [2.45, 2.75) is 5.92 Å². The average molecular weight is 291 g/mol. The standard InChI is InChI=1S/C14H8Cl2N2O/c15-11-5-3-4-9(13(11)16)14(19)10(8-17)12-6-1-2-7-18-12/h1-7,10H/t10-/m1/s1. The van der Waals surface area contributed by atoms with Gasteiger partial charge in [0.2, 0.25) is 0 Å². The van der Waals surface area contributed by atoms with Crippen molar-refractivity contribution in [3.63, 3.8) is 0 Å². The molecule has 0 bridgehead atoms. The molecule has 3 nitrogen and oxygen atoms in total. The summed E-state index contributed by atoms with van der Waals surface area (Å²) in [6.45, 7) is 0. The lowest BCUT2D eigenvalue weighted by Gasteiger charge is -2.09. The molecule has 0 saturated carbocycles. The third-order valence-electron chi connectivity index (χ3n) is 2.59. The Balaban J connectivity index is 2.43. The van der Waals surface area contributed by atoms with Crippen molar-refractivity contribution in [3.8, 4) is 6.07 Å². The fraction of sp³-hybridized carbons (Fsp3) is 0.0714. The van der Waals surface area contributed by atoms with E-state index in [1.807, 2.05) is 6.07 Å². The Morgan fingerprint density at radius 2 is 2.00 bits per heavy atom. The highest BCUT2D eigenvalue weighted by Crippen LogP contribution is 2.29. The number of hydrogen-bond acceptors (Lipinski definition) is 3. The van der Waals surface area contributed by atoms with Gasteiger partial charge >= 0.3 is 0 Å². The van der Waals surface area contributed by atoms with Crippen molar-refractivity contribution in [2.24, 2.45) is 0 Å². The van der Waals surface area contributed by atoms with E-state index in [9.17, 15) is 10.1 Å². The lowest BCUT2D eigenvalue weighted by atomic mass is 9.95. The molecule has 1 heterocycles. The number of hydrogen-bond donors (Lipinski definition) is 0. The Labute approximate surface area is 120 Å². The van der Waals surface area contributed by atoms with E-state index in [2.05, 4.69) is 4.98 Å². The van der Waals surface area contributed by atoms with E-state index in [1.165, 1.54) is 6.20 Å². The van der Waals surface area contributed by atoms with Crippen LogP contribution in [0.3, 0.4) is 0 Å². The quantitative estimate of drug-likeness (QED) is 0.806. The third kappa shape index (κ3) is 2.76. The zero-order valence-electron chi connectivity index (χ0n) is 9.68. The van der Waals surface area contributed by atoms with E-state index in [1.54, 1.807) is 36.4 Å². The van der Waals surface area contributed by atoms with Gasteiger partial charge in [0.1, 0.15) is 0 Å². The molecule has 0 aliphatic rings. The number of aromatic nitrogens is 1. The lowest BCUT2D eigenvalue weighted by Crippen LogP contribution is -2.13. The van der Waals surface area contributed by atoms with Gasteiger partial charge in [-0.2, -0.15) is 5.26 Å². The van der Waals surface area contributed by atoms with Crippen LogP contribution >= 0.6 is 23.2 Å². The van der Waals surface area contributed by atoms with Crippen molar-refractivity contribution in [1.29, 1.82) is 5.26 Å². The van der Waals surface area contributed by atoms with E-state index >= 15 is 0 Å². The number of carbonyl (C=O) groups excluding carboxylic acids is 1.